The SMILES string of the molecule is Cn1ncc2c(=O)n(-c3ccccc3)c(Cl)nc21. The molecule has 3 rings (SSSR count). The number of aromatic nitrogens is 4. The van der Waals surface area contributed by atoms with Crippen LogP contribution in [0.5, 0.6) is 0 Å². The summed E-state index contributed by atoms with van der Waals surface area (Å²) in [6, 6.07) is 9.16. The molecule has 0 aliphatic carbocycles. The van der Waals surface area contributed by atoms with Gasteiger partial charge in [0.15, 0.2) is 5.65 Å². The molecule has 0 N–H and O–H groups in total. The molecule has 0 aliphatic heterocycles. The second-order valence-electron chi connectivity index (χ2n) is 3.86. The van der Waals surface area contributed by atoms with Crippen LogP contribution in [0, 0.1) is 0 Å². The molecule has 90 valence electrons. The van der Waals surface area contributed by atoms with Gasteiger partial charge in [-0.05, 0) is 23.7 Å². The molecule has 0 amide bonds. The fourth-order valence-electron chi connectivity index (χ4n) is 1.86. The Hall–Kier alpha value is -2.14. The first kappa shape index (κ1) is 11.0. The van der Waals surface area contributed by atoms with Crippen molar-refractivity contribution in [1.29, 1.82) is 0 Å². The molecule has 0 saturated carbocycles. The maximum absolute atomic E-state index is 12.3. The van der Waals surface area contributed by atoms with Gasteiger partial charge >= 0.3 is 0 Å². The molecule has 18 heavy (non-hydrogen) atoms. The highest BCUT2D eigenvalue weighted by molar-refractivity contribution is 6.29. The average Bonchev–Trinajstić information content (AvgIpc) is 2.73. The number of nitrogens with zero attached hydrogens (tertiary/aromatic N) is 4. The van der Waals surface area contributed by atoms with Gasteiger partial charge < -0.3 is 0 Å². The van der Waals surface area contributed by atoms with Gasteiger partial charge in [-0.25, -0.2) is 0 Å². The molecule has 0 aliphatic rings. The van der Waals surface area contributed by atoms with Crippen molar-refractivity contribution in [2.24, 2.45) is 7.05 Å². The number of aryl methyl sites for hydroxylation is 1. The van der Waals surface area contributed by atoms with Crippen LogP contribution in [0.15, 0.2) is 41.3 Å². The molecule has 5 nitrogen and oxygen atoms in total. The zero-order valence-electron chi connectivity index (χ0n) is 9.54. The smallest absolute Gasteiger partial charge is 0.268 e. The minimum Gasteiger partial charge on any atom is -0.268 e. The number of benzene rings is 1. The Morgan fingerprint density at radius 1 is 1.22 bits per heavy atom. The molecule has 0 atom stereocenters. The third kappa shape index (κ3) is 1.52. The van der Waals surface area contributed by atoms with E-state index in [1.54, 1.807) is 19.2 Å². The Morgan fingerprint density at radius 2 is 1.94 bits per heavy atom. The molecule has 0 saturated heterocycles. The van der Waals surface area contributed by atoms with E-state index in [1.165, 1.54) is 15.4 Å². The topological polar surface area (TPSA) is 52.7 Å². The zero-order chi connectivity index (χ0) is 12.7. The summed E-state index contributed by atoms with van der Waals surface area (Å²) in [6.45, 7) is 0. The predicted octanol–water partition coefficient (Wildman–Crippen LogP) is 1.77. The van der Waals surface area contributed by atoms with Gasteiger partial charge in [0.05, 0.1) is 11.9 Å². The van der Waals surface area contributed by atoms with E-state index in [9.17, 15) is 4.79 Å². The van der Waals surface area contributed by atoms with Crippen molar-refractivity contribution in [3.63, 3.8) is 0 Å². The summed E-state index contributed by atoms with van der Waals surface area (Å²) in [6.07, 6.45) is 1.50. The van der Waals surface area contributed by atoms with Gasteiger partial charge in [0.1, 0.15) is 5.39 Å². The van der Waals surface area contributed by atoms with Gasteiger partial charge in [-0.1, -0.05) is 18.2 Å². The van der Waals surface area contributed by atoms with E-state index in [-0.39, 0.29) is 10.8 Å². The summed E-state index contributed by atoms with van der Waals surface area (Å²) >= 11 is 6.08. The lowest BCUT2D eigenvalue weighted by Crippen LogP contribution is -2.20. The number of rotatable bonds is 1. The van der Waals surface area contributed by atoms with E-state index in [0.717, 1.165) is 0 Å². The quantitative estimate of drug-likeness (QED) is 0.627. The first-order valence-corrected chi connectivity index (χ1v) is 5.72. The maximum Gasteiger partial charge on any atom is 0.270 e. The van der Waals surface area contributed by atoms with Crippen molar-refractivity contribution in [2.75, 3.05) is 0 Å². The molecule has 3 aromatic rings. The van der Waals surface area contributed by atoms with E-state index in [2.05, 4.69) is 10.1 Å². The summed E-state index contributed by atoms with van der Waals surface area (Å²) < 4.78 is 2.89. The standard InChI is InChI=1S/C12H9ClN4O/c1-16-10-9(7-14-16)11(18)17(12(13)15-10)8-5-3-2-4-6-8/h2-7H,1H3. The maximum atomic E-state index is 12.3. The largest absolute Gasteiger partial charge is 0.270 e. The first-order valence-electron chi connectivity index (χ1n) is 5.34. The summed E-state index contributed by atoms with van der Waals surface area (Å²) in [5.74, 6) is 0. The number of para-hydroxylation sites is 1. The summed E-state index contributed by atoms with van der Waals surface area (Å²) in [4.78, 5) is 16.5. The van der Waals surface area contributed by atoms with E-state index in [1.807, 2.05) is 18.2 Å². The van der Waals surface area contributed by atoms with Gasteiger partial charge in [0.25, 0.3) is 5.56 Å². The van der Waals surface area contributed by atoms with Gasteiger partial charge in [0.2, 0.25) is 5.28 Å². The van der Waals surface area contributed by atoms with E-state index in [4.69, 9.17) is 11.6 Å². The molecular weight excluding hydrogens is 252 g/mol. The lowest BCUT2D eigenvalue weighted by atomic mass is 10.3. The van der Waals surface area contributed by atoms with Crippen molar-refractivity contribution >= 4 is 22.6 Å². The lowest BCUT2D eigenvalue weighted by Gasteiger charge is -2.07. The Kier molecular flexibility index (Phi) is 2.41. The highest BCUT2D eigenvalue weighted by Gasteiger charge is 2.13. The third-order valence-electron chi connectivity index (χ3n) is 2.74. The molecule has 1 aromatic carbocycles. The Labute approximate surface area is 107 Å². The van der Waals surface area contributed by atoms with Crippen LogP contribution in [0.1, 0.15) is 0 Å². The van der Waals surface area contributed by atoms with Crippen LogP contribution in [0.2, 0.25) is 5.28 Å². The summed E-state index contributed by atoms with van der Waals surface area (Å²) in [5.41, 5.74) is 0.951. The van der Waals surface area contributed by atoms with Crippen molar-refractivity contribution in [3.05, 3.63) is 52.2 Å². The Balaban J connectivity index is 2.41. The molecule has 0 spiro atoms. The van der Waals surface area contributed by atoms with Gasteiger partial charge in [-0.2, -0.15) is 10.1 Å². The van der Waals surface area contributed by atoms with Gasteiger partial charge in [-0.3, -0.25) is 14.0 Å². The number of hydrogen-bond donors (Lipinski definition) is 0. The number of halogens is 1. The second-order valence-corrected chi connectivity index (χ2v) is 4.20. The number of hydrogen-bond acceptors (Lipinski definition) is 3. The third-order valence-corrected chi connectivity index (χ3v) is 2.99. The molecule has 0 radical (unpaired) electrons. The molecule has 6 heteroatoms. The fourth-order valence-corrected chi connectivity index (χ4v) is 2.11. The molecule has 0 fully saturated rings. The Bertz CT molecular complexity index is 776. The van der Waals surface area contributed by atoms with Gasteiger partial charge in [-0.15, -0.1) is 0 Å². The van der Waals surface area contributed by atoms with Crippen molar-refractivity contribution in [3.8, 4) is 5.69 Å². The molecule has 2 aromatic heterocycles. The van der Waals surface area contributed by atoms with Crippen LogP contribution >= 0.6 is 11.6 Å². The average molecular weight is 261 g/mol. The van der Waals surface area contributed by atoms with E-state index in [0.29, 0.717) is 16.7 Å². The lowest BCUT2D eigenvalue weighted by molar-refractivity contribution is 0.783. The van der Waals surface area contributed by atoms with Crippen LogP contribution in [-0.4, -0.2) is 19.3 Å². The molecule has 2 heterocycles. The fraction of sp³-hybridized carbons (Fsp3) is 0.0833. The summed E-state index contributed by atoms with van der Waals surface area (Å²) in [5, 5.41) is 4.59. The minimum absolute atomic E-state index is 0.127. The zero-order valence-corrected chi connectivity index (χ0v) is 10.3. The van der Waals surface area contributed by atoms with Crippen LogP contribution < -0.4 is 5.56 Å². The highest BCUT2D eigenvalue weighted by Crippen LogP contribution is 2.15. The van der Waals surface area contributed by atoms with Gasteiger partial charge in [0, 0.05) is 7.05 Å². The molecule has 0 unspecified atom stereocenters. The second kappa shape index (κ2) is 3.96. The first-order chi connectivity index (χ1) is 8.68. The molecular formula is C12H9ClN4O. The van der Waals surface area contributed by atoms with Crippen LogP contribution in [0.4, 0.5) is 0 Å². The normalized spacial score (nSPS) is 11.0. The van der Waals surface area contributed by atoms with Crippen LogP contribution in [0.25, 0.3) is 16.7 Å². The van der Waals surface area contributed by atoms with Crippen LogP contribution in [0.3, 0.4) is 0 Å². The predicted molar refractivity (Wildman–Crippen MR) is 69.1 cm³/mol. The molecule has 0 bridgehead atoms. The van der Waals surface area contributed by atoms with E-state index >= 15 is 0 Å². The Morgan fingerprint density at radius 3 is 2.67 bits per heavy atom. The van der Waals surface area contributed by atoms with Crippen molar-refractivity contribution < 1.29 is 0 Å². The highest BCUT2D eigenvalue weighted by atomic mass is 35.5. The number of fused-ring (bicyclic) bond motifs is 1. The van der Waals surface area contributed by atoms with Crippen molar-refractivity contribution in [1.82, 2.24) is 19.3 Å². The summed E-state index contributed by atoms with van der Waals surface area (Å²) in [7, 11) is 1.72. The van der Waals surface area contributed by atoms with Crippen LogP contribution in [-0.2, 0) is 7.05 Å². The minimum atomic E-state index is -0.218. The monoisotopic (exact) mass is 260 g/mol. The van der Waals surface area contributed by atoms with Crippen molar-refractivity contribution in [2.45, 2.75) is 0 Å². The van der Waals surface area contributed by atoms with E-state index < -0.39 is 0 Å².